The predicted octanol–water partition coefficient (Wildman–Crippen LogP) is 2.22. The van der Waals surface area contributed by atoms with Gasteiger partial charge >= 0.3 is 0 Å². The van der Waals surface area contributed by atoms with E-state index in [1.165, 1.54) is 0 Å². The molecule has 1 amide bonds. The van der Waals surface area contributed by atoms with E-state index in [-0.39, 0.29) is 5.91 Å². The summed E-state index contributed by atoms with van der Waals surface area (Å²) in [4.78, 5) is 12.7. The molecule has 0 aliphatic carbocycles. The topological polar surface area (TPSA) is 50.8 Å². The summed E-state index contributed by atoms with van der Waals surface area (Å²) in [6, 6.07) is 11.7. The van der Waals surface area contributed by atoms with Gasteiger partial charge in [0.2, 0.25) is 0 Å². The lowest BCUT2D eigenvalue weighted by atomic mass is 10.0. The van der Waals surface area contributed by atoms with Crippen molar-refractivity contribution in [2.75, 3.05) is 32.9 Å². The molecular weight excluding hydrogens is 280 g/mol. The van der Waals surface area contributed by atoms with Crippen LogP contribution in [0.3, 0.4) is 0 Å². The second-order valence-electron chi connectivity index (χ2n) is 5.13. The van der Waals surface area contributed by atoms with Crippen molar-refractivity contribution in [3.63, 3.8) is 0 Å². The first-order chi connectivity index (χ1) is 10.8. The summed E-state index contributed by atoms with van der Waals surface area (Å²) >= 11 is 0. The molecule has 1 saturated heterocycles. The second-order valence-corrected chi connectivity index (χ2v) is 5.13. The van der Waals surface area contributed by atoms with Crippen LogP contribution in [0.25, 0.3) is 10.8 Å². The minimum atomic E-state index is -0.137. The second kappa shape index (κ2) is 6.77. The molecule has 5 nitrogen and oxygen atoms in total. The molecular formula is C17H20N2O3. The van der Waals surface area contributed by atoms with Crippen LogP contribution in [0.2, 0.25) is 0 Å². The zero-order valence-electron chi connectivity index (χ0n) is 12.7. The van der Waals surface area contributed by atoms with E-state index in [0.29, 0.717) is 44.2 Å². The molecule has 1 N–H and O–H groups in total. The number of hydrogen-bond donors (Lipinski definition) is 1. The Kier molecular flexibility index (Phi) is 4.56. The van der Waals surface area contributed by atoms with Crippen LogP contribution < -0.4 is 10.2 Å². The van der Waals surface area contributed by atoms with E-state index < -0.39 is 0 Å². The lowest BCUT2D eigenvalue weighted by molar-refractivity contribution is 0.0126. The van der Waals surface area contributed by atoms with E-state index in [4.69, 9.17) is 9.47 Å². The fourth-order valence-electron chi connectivity index (χ4n) is 2.64. The monoisotopic (exact) mass is 300 g/mol. The van der Waals surface area contributed by atoms with E-state index in [2.05, 4.69) is 5.43 Å². The van der Waals surface area contributed by atoms with Gasteiger partial charge in [0.15, 0.2) is 0 Å². The zero-order valence-corrected chi connectivity index (χ0v) is 12.7. The van der Waals surface area contributed by atoms with Gasteiger partial charge in [0, 0.05) is 13.1 Å². The van der Waals surface area contributed by atoms with Gasteiger partial charge in [-0.2, -0.15) is 0 Å². The summed E-state index contributed by atoms with van der Waals surface area (Å²) in [5.74, 6) is 0.481. The van der Waals surface area contributed by atoms with Crippen LogP contribution in [0.5, 0.6) is 5.75 Å². The van der Waals surface area contributed by atoms with Crippen molar-refractivity contribution in [1.29, 1.82) is 0 Å². The highest BCUT2D eigenvalue weighted by Crippen LogP contribution is 2.28. The van der Waals surface area contributed by atoms with Crippen molar-refractivity contribution in [3.8, 4) is 5.75 Å². The highest BCUT2D eigenvalue weighted by Gasteiger charge is 2.20. The fourth-order valence-corrected chi connectivity index (χ4v) is 2.64. The maximum absolute atomic E-state index is 12.7. The standard InChI is InChI=1S/C17H20N2O3/c1-2-22-15-8-7-13-5-3-4-6-14(13)16(15)17(20)18-19-9-11-21-12-10-19/h3-8H,2,9-12H2,1H3,(H,18,20). The predicted molar refractivity (Wildman–Crippen MR) is 85.0 cm³/mol. The third-order valence-electron chi connectivity index (χ3n) is 3.69. The van der Waals surface area contributed by atoms with E-state index in [9.17, 15) is 4.79 Å². The Hall–Kier alpha value is -2.11. The first kappa shape index (κ1) is 14.8. The van der Waals surface area contributed by atoms with Crippen LogP contribution in [0.15, 0.2) is 36.4 Å². The van der Waals surface area contributed by atoms with Crippen molar-refractivity contribution in [1.82, 2.24) is 10.4 Å². The van der Waals surface area contributed by atoms with Crippen LogP contribution in [0.1, 0.15) is 17.3 Å². The van der Waals surface area contributed by atoms with Crippen LogP contribution in [0, 0.1) is 0 Å². The molecule has 116 valence electrons. The summed E-state index contributed by atoms with van der Waals surface area (Å²) in [5, 5.41) is 3.82. The summed E-state index contributed by atoms with van der Waals surface area (Å²) < 4.78 is 11.0. The number of fused-ring (bicyclic) bond motifs is 1. The lowest BCUT2D eigenvalue weighted by Gasteiger charge is -2.27. The van der Waals surface area contributed by atoms with Gasteiger partial charge < -0.3 is 9.47 Å². The van der Waals surface area contributed by atoms with E-state index >= 15 is 0 Å². The van der Waals surface area contributed by atoms with Crippen molar-refractivity contribution >= 4 is 16.7 Å². The Morgan fingerprint density at radius 2 is 2.00 bits per heavy atom. The summed E-state index contributed by atoms with van der Waals surface area (Å²) in [7, 11) is 0. The highest BCUT2D eigenvalue weighted by molar-refractivity contribution is 6.09. The van der Waals surface area contributed by atoms with Gasteiger partial charge in [-0.1, -0.05) is 30.3 Å². The Morgan fingerprint density at radius 1 is 1.23 bits per heavy atom. The Balaban J connectivity index is 1.95. The molecule has 0 spiro atoms. The zero-order chi connectivity index (χ0) is 15.4. The molecule has 1 fully saturated rings. The number of amides is 1. The smallest absolute Gasteiger partial charge is 0.269 e. The average Bonchev–Trinajstić information content (AvgIpc) is 2.55. The molecule has 1 aliphatic heterocycles. The summed E-state index contributed by atoms with van der Waals surface area (Å²) in [6.07, 6.45) is 0. The molecule has 3 rings (SSSR count). The van der Waals surface area contributed by atoms with Crippen LogP contribution in [-0.2, 0) is 4.74 Å². The number of carbonyl (C=O) groups is 1. The first-order valence-corrected chi connectivity index (χ1v) is 7.58. The van der Waals surface area contributed by atoms with Gasteiger partial charge in [0.1, 0.15) is 5.75 Å². The van der Waals surface area contributed by atoms with Gasteiger partial charge in [0.25, 0.3) is 5.91 Å². The van der Waals surface area contributed by atoms with Gasteiger partial charge in [0.05, 0.1) is 25.4 Å². The minimum Gasteiger partial charge on any atom is -0.493 e. The first-order valence-electron chi connectivity index (χ1n) is 7.58. The largest absolute Gasteiger partial charge is 0.493 e. The number of nitrogens with one attached hydrogen (secondary N) is 1. The summed E-state index contributed by atoms with van der Waals surface area (Å²) in [6.45, 7) is 5.10. The number of benzene rings is 2. The van der Waals surface area contributed by atoms with E-state index in [1.807, 2.05) is 48.3 Å². The Morgan fingerprint density at radius 3 is 2.77 bits per heavy atom. The normalized spacial score (nSPS) is 15.7. The van der Waals surface area contributed by atoms with Crippen molar-refractivity contribution < 1.29 is 14.3 Å². The minimum absolute atomic E-state index is 0.137. The van der Waals surface area contributed by atoms with Gasteiger partial charge in [-0.3, -0.25) is 10.2 Å². The number of carbonyl (C=O) groups excluding carboxylic acids is 1. The fraction of sp³-hybridized carbons (Fsp3) is 0.353. The number of ether oxygens (including phenoxy) is 2. The molecule has 1 aliphatic rings. The lowest BCUT2D eigenvalue weighted by Crippen LogP contribution is -2.48. The highest BCUT2D eigenvalue weighted by atomic mass is 16.5. The molecule has 22 heavy (non-hydrogen) atoms. The Labute approximate surface area is 129 Å². The number of nitrogens with zero attached hydrogens (tertiary/aromatic N) is 1. The Bertz CT molecular complexity index is 666. The molecule has 2 aromatic carbocycles. The van der Waals surface area contributed by atoms with Crippen LogP contribution in [0.4, 0.5) is 0 Å². The molecule has 0 radical (unpaired) electrons. The van der Waals surface area contributed by atoms with Crippen molar-refractivity contribution in [3.05, 3.63) is 42.0 Å². The quantitative estimate of drug-likeness (QED) is 0.940. The SMILES string of the molecule is CCOc1ccc2ccccc2c1C(=O)NN1CCOCC1. The molecule has 0 aromatic heterocycles. The van der Waals surface area contributed by atoms with E-state index in [0.717, 1.165) is 10.8 Å². The molecule has 0 atom stereocenters. The third-order valence-corrected chi connectivity index (χ3v) is 3.69. The number of hydrogen-bond acceptors (Lipinski definition) is 4. The third kappa shape index (κ3) is 3.05. The van der Waals surface area contributed by atoms with Gasteiger partial charge in [-0.15, -0.1) is 0 Å². The number of rotatable bonds is 4. The molecule has 1 heterocycles. The molecule has 2 aromatic rings. The summed E-state index contributed by atoms with van der Waals surface area (Å²) in [5.41, 5.74) is 3.55. The van der Waals surface area contributed by atoms with Crippen LogP contribution >= 0.6 is 0 Å². The molecule has 0 bridgehead atoms. The molecule has 0 unspecified atom stereocenters. The molecule has 5 heteroatoms. The van der Waals surface area contributed by atoms with Gasteiger partial charge in [-0.05, 0) is 23.8 Å². The van der Waals surface area contributed by atoms with Crippen molar-refractivity contribution in [2.24, 2.45) is 0 Å². The maximum Gasteiger partial charge on any atom is 0.269 e. The maximum atomic E-state index is 12.7. The van der Waals surface area contributed by atoms with Crippen molar-refractivity contribution in [2.45, 2.75) is 6.92 Å². The van der Waals surface area contributed by atoms with Gasteiger partial charge in [-0.25, -0.2) is 5.01 Å². The number of morpholine rings is 1. The number of hydrazine groups is 1. The van der Waals surface area contributed by atoms with Crippen LogP contribution in [-0.4, -0.2) is 43.8 Å². The van der Waals surface area contributed by atoms with E-state index in [1.54, 1.807) is 0 Å². The molecule has 0 saturated carbocycles. The average molecular weight is 300 g/mol.